The molecule has 5 rings (SSSR count). The minimum Gasteiger partial charge on any atom is -0.408 e. The summed E-state index contributed by atoms with van der Waals surface area (Å²) in [7, 11) is -4.29. The summed E-state index contributed by atoms with van der Waals surface area (Å²) < 4.78 is 52.5. The summed E-state index contributed by atoms with van der Waals surface area (Å²) in [5, 5.41) is -0.00409. The first-order valence-electron chi connectivity index (χ1n) is 9.79. The summed E-state index contributed by atoms with van der Waals surface area (Å²) in [5.41, 5.74) is 9.44. The molecule has 12 heteroatoms. The maximum absolute atomic E-state index is 14.9. The summed E-state index contributed by atoms with van der Waals surface area (Å²) in [6, 6.07) is 7.92. The number of nitrogens with two attached hydrogens (primary N) is 1. The number of benzene rings is 2. The minimum absolute atomic E-state index is 0.00409. The van der Waals surface area contributed by atoms with Gasteiger partial charge in [-0.15, -0.1) is 0 Å². The molecule has 9 nitrogen and oxygen atoms in total. The Morgan fingerprint density at radius 3 is 2.97 bits per heavy atom. The van der Waals surface area contributed by atoms with Gasteiger partial charge in [-0.05, 0) is 36.0 Å². The third kappa shape index (κ3) is 3.70. The van der Waals surface area contributed by atoms with Gasteiger partial charge in [-0.1, -0.05) is 18.2 Å². The molecule has 166 valence electrons. The van der Waals surface area contributed by atoms with Crippen molar-refractivity contribution in [2.45, 2.75) is 36.7 Å². The Bertz CT molecular complexity index is 1480. The van der Waals surface area contributed by atoms with Gasteiger partial charge in [-0.3, -0.25) is 9.29 Å². The van der Waals surface area contributed by atoms with Crippen LogP contribution in [-0.4, -0.2) is 28.4 Å². The number of anilines is 1. The summed E-state index contributed by atoms with van der Waals surface area (Å²) in [5.74, 6) is -1.72. The number of halogens is 1. The molecule has 0 saturated heterocycles. The molecule has 0 saturated carbocycles. The standard InChI is InChI=1S/C20H18FN5O4S2/c21-15-7-16-17(8-18(15)32(28,29)25-19-23-10-24-31-19)30-20(27)26(16)9-12-3-1-2-11-4-5-13(22)6-14(11)12/h1-3,7-8,10,13H,4-6,9,22H2,(H,23,24,25)/t13-/m1/s1. The Kier molecular flexibility index (Phi) is 5.07. The van der Waals surface area contributed by atoms with Gasteiger partial charge in [0.05, 0.1) is 12.1 Å². The SMILES string of the molecule is N[C@@H]1CCc2cccc(Cn3c(=O)oc4cc(S(=O)(=O)Nc5ncns5)c(F)cc43)c2C1. The van der Waals surface area contributed by atoms with E-state index in [1.54, 1.807) is 0 Å². The van der Waals surface area contributed by atoms with Gasteiger partial charge in [0.25, 0.3) is 10.0 Å². The molecule has 0 spiro atoms. The Morgan fingerprint density at radius 2 is 2.19 bits per heavy atom. The van der Waals surface area contributed by atoms with Gasteiger partial charge in [0.2, 0.25) is 5.13 Å². The third-order valence-electron chi connectivity index (χ3n) is 5.54. The molecule has 0 unspecified atom stereocenters. The fourth-order valence-electron chi connectivity index (χ4n) is 4.02. The van der Waals surface area contributed by atoms with E-state index in [2.05, 4.69) is 14.1 Å². The summed E-state index contributed by atoms with van der Waals surface area (Å²) in [6.45, 7) is 0.163. The number of oxazole rings is 1. The van der Waals surface area contributed by atoms with E-state index >= 15 is 0 Å². The van der Waals surface area contributed by atoms with Crippen LogP contribution in [0, 0.1) is 5.82 Å². The summed E-state index contributed by atoms with van der Waals surface area (Å²) in [6.07, 6.45) is 3.64. The quantitative estimate of drug-likeness (QED) is 0.452. The van der Waals surface area contributed by atoms with Gasteiger partial charge in [0.15, 0.2) is 5.58 Å². The number of nitrogens with one attached hydrogen (secondary N) is 1. The normalized spacial score (nSPS) is 16.2. The average Bonchev–Trinajstić information content (AvgIpc) is 3.35. The lowest BCUT2D eigenvalue weighted by Crippen LogP contribution is -2.29. The molecule has 0 radical (unpaired) electrons. The van der Waals surface area contributed by atoms with E-state index in [-0.39, 0.29) is 28.8 Å². The van der Waals surface area contributed by atoms with Gasteiger partial charge in [0.1, 0.15) is 17.0 Å². The fourth-order valence-corrected chi connectivity index (χ4v) is 5.75. The highest BCUT2D eigenvalue weighted by Gasteiger charge is 2.25. The van der Waals surface area contributed by atoms with E-state index in [0.29, 0.717) is 6.42 Å². The number of rotatable bonds is 5. The van der Waals surface area contributed by atoms with Gasteiger partial charge in [-0.25, -0.2) is 22.6 Å². The second-order valence-electron chi connectivity index (χ2n) is 7.61. The number of aromatic nitrogens is 3. The van der Waals surface area contributed by atoms with E-state index in [1.165, 1.54) is 16.5 Å². The highest BCUT2D eigenvalue weighted by Crippen LogP contribution is 2.28. The van der Waals surface area contributed by atoms with Crippen LogP contribution in [0.3, 0.4) is 0 Å². The van der Waals surface area contributed by atoms with Crippen molar-refractivity contribution >= 4 is 37.8 Å². The Labute approximate surface area is 185 Å². The zero-order valence-electron chi connectivity index (χ0n) is 16.6. The van der Waals surface area contributed by atoms with E-state index in [1.807, 2.05) is 18.2 Å². The average molecular weight is 476 g/mol. The van der Waals surface area contributed by atoms with Crippen LogP contribution in [0.5, 0.6) is 0 Å². The molecule has 1 atom stereocenters. The van der Waals surface area contributed by atoms with E-state index in [4.69, 9.17) is 10.2 Å². The number of aryl methyl sites for hydroxylation is 1. The predicted octanol–water partition coefficient (Wildman–Crippen LogP) is 2.25. The lowest BCUT2D eigenvalue weighted by Gasteiger charge is -2.24. The molecule has 0 fully saturated rings. The lowest BCUT2D eigenvalue weighted by molar-refractivity contribution is 0.514. The molecule has 0 aliphatic heterocycles. The smallest absolute Gasteiger partial charge is 0.408 e. The Hall–Kier alpha value is -3.09. The first-order chi connectivity index (χ1) is 15.3. The van der Waals surface area contributed by atoms with Crippen molar-refractivity contribution in [3.63, 3.8) is 0 Å². The molecule has 1 aliphatic rings. The first kappa shape index (κ1) is 20.8. The maximum Gasteiger partial charge on any atom is 0.420 e. The van der Waals surface area contributed by atoms with Crippen LogP contribution >= 0.6 is 11.5 Å². The molecule has 2 aromatic heterocycles. The van der Waals surface area contributed by atoms with Crippen LogP contribution in [-0.2, 0) is 29.4 Å². The fraction of sp³-hybridized carbons (Fsp3) is 0.250. The minimum atomic E-state index is -4.29. The van der Waals surface area contributed by atoms with E-state index in [0.717, 1.165) is 47.6 Å². The third-order valence-corrected chi connectivity index (χ3v) is 7.61. The summed E-state index contributed by atoms with van der Waals surface area (Å²) in [4.78, 5) is 15.7. The molecule has 32 heavy (non-hydrogen) atoms. The highest BCUT2D eigenvalue weighted by molar-refractivity contribution is 7.93. The molecule has 3 N–H and O–H groups in total. The van der Waals surface area contributed by atoms with Crippen LogP contribution in [0.2, 0.25) is 0 Å². The summed E-state index contributed by atoms with van der Waals surface area (Å²) >= 11 is 0.813. The molecule has 2 heterocycles. The second kappa shape index (κ2) is 7.80. The van der Waals surface area contributed by atoms with Crippen molar-refractivity contribution in [1.82, 2.24) is 13.9 Å². The van der Waals surface area contributed by atoms with Crippen LogP contribution in [0.25, 0.3) is 11.1 Å². The molecule has 1 aliphatic carbocycles. The number of sulfonamides is 1. The zero-order chi connectivity index (χ0) is 22.5. The molecule has 0 amide bonds. The monoisotopic (exact) mass is 475 g/mol. The van der Waals surface area contributed by atoms with Crippen molar-refractivity contribution in [2.24, 2.45) is 5.73 Å². The number of hydrogen-bond acceptors (Lipinski definition) is 8. The molecule has 4 aromatic rings. The number of hydrogen-bond donors (Lipinski definition) is 2. The topological polar surface area (TPSA) is 133 Å². The Balaban J connectivity index is 1.55. The highest BCUT2D eigenvalue weighted by atomic mass is 32.2. The van der Waals surface area contributed by atoms with Crippen molar-refractivity contribution < 1.29 is 17.2 Å². The van der Waals surface area contributed by atoms with Gasteiger partial charge >= 0.3 is 5.76 Å². The van der Waals surface area contributed by atoms with Gasteiger partial charge < -0.3 is 10.2 Å². The second-order valence-corrected chi connectivity index (χ2v) is 10.0. The van der Waals surface area contributed by atoms with E-state index < -0.39 is 26.5 Å². The van der Waals surface area contributed by atoms with Crippen molar-refractivity contribution in [3.05, 3.63) is 69.7 Å². The first-order valence-corrected chi connectivity index (χ1v) is 12.0. The van der Waals surface area contributed by atoms with Crippen molar-refractivity contribution in [1.29, 1.82) is 0 Å². The van der Waals surface area contributed by atoms with Crippen LogP contribution < -0.4 is 16.2 Å². The molecule has 0 bridgehead atoms. The van der Waals surface area contributed by atoms with Crippen molar-refractivity contribution in [3.8, 4) is 0 Å². The van der Waals surface area contributed by atoms with E-state index in [9.17, 15) is 17.6 Å². The van der Waals surface area contributed by atoms with Crippen molar-refractivity contribution in [2.75, 3.05) is 4.72 Å². The predicted molar refractivity (Wildman–Crippen MR) is 117 cm³/mol. The number of fused-ring (bicyclic) bond motifs is 2. The Morgan fingerprint density at radius 1 is 1.34 bits per heavy atom. The van der Waals surface area contributed by atoms with Gasteiger partial charge in [-0.2, -0.15) is 4.37 Å². The van der Waals surface area contributed by atoms with Crippen LogP contribution in [0.15, 0.2) is 50.8 Å². The lowest BCUT2D eigenvalue weighted by atomic mass is 9.85. The largest absolute Gasteiger partial charge is 0.420 e. The van der Waals surface area contributed by atoms with Crippen LogP contribution in [0.1, 0.15) is 23.1 Å². The molecule has 2 aromatic carbocycles. The van der Waals surface area contributed by atoms with Gasteiger partial charge in [0, 0.05) is 29.7 Å². The number of nitrogens with zero attached hydrogens (tertiary/aromatic N) is 3. The molecular weight excluding hydrogens is 457 g/mol. The van der Waals surface area contributed by atoms with Crippen LogP contribution in [0.4, 0.5) is 9.52 Å². The molecular formula is C20H18FN5O4S2. The zero-order valence-corrected chi connectivity index (χ0v) is 18.2. The maximum atomic E-state index is 14.9.